The number of benzene rings is 2. The van der Waals surface area contributed by atoms with E-state index in [1.54, 1.807) is 36.4 Å². The zero-order valence-electron chi connectivity index (χ0n) is 8.85. The van der Waals surface area contributed by atoms with Crippen LogP contribution in [0.5, 0.6) is 5.75 Å². The van der Waals surface area contributed by atoms with Crippen molar-refractivity contribution in [2.45, 2.75) is 0 Å². The lowest BCUT2D eigenvalue weighted by atomic mass is 10.0. The quantitative estimate of drug-likeness (QED) is 0.487. The van der Waals surface area contributed by atoms with Crippen LogP contribution in [-0.2, 0) is 0 Å². The lowest BCUT2D eigenvalue weighted by Gasteiger charge is -2.06. The van der Waals surface area contributed by atoms with E-state index < -0.39 is 0 Å². The minimum Gasteiger partial charge on any atom is -0.506 e. The lowest BCUT2D eigenvalue weighted by molar-refractivity contribution is 0.103. The molecule has 0 fully saturated rings. The number of nitrogen functional groups attached to an aromatic ring is 1. The van der Waals surface area contributed by atoms with Gasteiger partial charge in [0.05, 0.1) is 5.69 Å². The van der Waals surface area contributed by atoms with Gasteiger partial charge < -0.3 is 10.8 Å². The first-order chi connectivity index (χ1) is 8.09. The summed E-state index contributed by atoms with van der Waals surface area (Å²) < 4.78 is 0. The summed E-state index contributed by atoms with van der Waals surface area (Å²) in [7, 11) is 0. The number of halogens is 1. The number of ketones is 1. The van der Waals surface area contributed by atoms with Crippen molar-refractivity contribution in [2.24, 2.45) is 0 Å². The summed E-state index contributed by atoms with van der Waals surface area (Å²) in [6.07, 6.45) is 0. The van der Waals surface area contributed by atoms with Gasteiger partial charge in [-0.1, -0.05) is 17.7 Å². The highest BCUT2D eigenvalue weighted by Gasteiger charge is 2.13. The van der Waals surface area contributed by atoms with E-state index in [1.807, 2.05) is 0 Å². The van der Waals surface area contributed by atoms with E-state index >= 15 is 0 Å². The normalized spacial score (nSPS) is 10.2. The van der Waals surface area contributed by atoms with E-state index in [0.717, 1.165) is 0 Å². The van der Waals surface area contributed by atoms with Crippen LogP contribution in [0.2, 0.25) is 5.02 Å². The van der Waals surface area contributed by atoms with Gasteiger partial charge in [0, 0.05) is 16.1 Å². The molecule has 86 valence electrons. The van der Waals surface area contributed by atoms with Crippen LogP contribution < -0.4 is 5.73 Å². The highest BCUT2D eigenvalue weighted by atomic mass is 35.5. The van der Waals surface area contributed by atoms with Crippen molar-refractivity contribution in [3.05, 3.63) is 58.6 Å². The van der Waals surface area contributed by atoms with Crippen molar-refractivity contribution in [3.63, 3.8) is 0 Å². The van der Waals surface area contributed by atoms with E-state index in [-0.39, 0.29) is 22.8 Å². The van der Waals surface area contributed by atoms with E-state index in [2.05, 4.69) is 0 Å². The Morgan fingerprint density at radius 3 is 2.41 bits per heavy atom. The van der Waals surface area contributed by atoms with E-state index in [0.29, 0.717) is 10.6 Å². The number of phenols is 1. The van der Waals surface area contributed by atoms with Gasteiger partial charge in [-0.05, 0) is 36.4 Å². The topological polar surface area (TPSA) is 63.3 Å². The fourth-order valence-electron chi connectivity index (χ4n) is 1.51. The number of hydrogen-bond acceptors (Lipinski definition) is 3. The molecule has 0 spiro atoms. The molecule has 2 aromatic carbocycles. The van der Waals surface area contributed by atoms with Gasteiger partial charge in [0.2, 0.25) is 0 Å². The first-order valence-electron chi connectivity index (χ1n) is 4.97. The summed E-state index contributed by atoms with van der Waals surface area (Å²) in [4.78, 5) is 12.1. The van der Waals surface area contributed by atoms with Crippen LogP contribution in [0.25, 0.3) is 0 Å². The number of phenolic OH excluding ortho intramolecular Hbond substituents is 1. The number of hydrogen-bond donors (Lipinski definition) is 2. The molecule has 0 saturated carbocycles. The zero-order valence-corrected chi connectivity index (χ0v) is 9.61. The summed E-state index contributed by atoms with van der Waals surface area (Å²) in [6.45, 7) is 0. The van der Waals surface area contributed by atoms with Gasteiger partial charge in [-0.3, -0.25) is 4.79 Å². The molecule has 3 nitrogen and oxygen atoms in total. The minimum absolute atomic E-state index is 0.0902. The van der Waals surface area contributed by atoms with Crippen molar-refractivity contribution in [1.29, 1.82) is 0 Å². The fourth-order valence-corrected chi connectivity index (χ4v) is 1.63. The van der Waals surface area contributed by atoms with Gasteiger partial charge in [0.15, 0.2) is 5.78 Å². The predicted octanol–water partition coefficient (Wildman–Crippen LogP) is 2.86. The van der Waals surface area contributed by atoms with Gasteiger partial charge in [-0.2, -0.15) is 0 Å². The minimum atomic E-state index is -0.241. The largest absolute Gasteiger partial charge is 0.506 e. The van der Waals surface area contributed by atoms with E-state index in [4.69, 9.17) is 17.3 Å². The second-order valence-corrected chi connectivity index (χ2v) is 4.01. The molecular weight excluding hydrogens is 238 g/mol. The van der Waals surface area contributed by atoms with Gasteiger partial charge in [-0.25, -0.2) is 0 Å². The van der Waals surface area contributed by atoms with Crippen molar-refractivity contribution in [3.8, 4) is 5.75 Å². The molecule has 0 aliphatic heterocycles. The molecule has 17 heavy (non-hydrogen) atoms. The summed E-state index contributed by atoms with van der Waals surface area (Å²) in [5.41, 5.74) is 6.51. The Bertz CT molecular complexity index is 564. The third-order valence-electron chi connectivity index (χ3n) is 2.43. The van der Waals surface area contributed by atoms with E-state index in [1.165, 1.54) is 6.07 Å². The third kappa shape index (κ3) is 2.24. The second-order valence-electron chi connectivity index (χ2n) is 3.57. The van der Waals surface area contributed by atoms with Crippen LogP contribution in [-0.4, -0.2) is 10.9 Å². The highest BCUT2D eigenvalue weighted by molar-refractivity contribution is 6.30. The number of carbonyl (C=O) groups excluding carboxylic acids is 1. The predicted molar refractivity (Wildman–Crippen MR) is 67.4 cm³/mol. The van der Waals surface area contributed by atoms with Crippen LogP contribution in [0.1, 0.15) is 15.9 Å². The van der Waals surface area contributed by atoms with Crippen molar-refractivity contribution >= 4 is 23.1 Å². The molecule has 0 bridgehead atoms. The molecule has 4 heteroatoms. The summed E-state index contributed by atoms with van der Waals surface area (Å²) >= 11 is 5.74. The molecule has 0 saturated heterocycles. The van der Waals surface area contributed by atoms with Gasteiger partial charge >= 0.3 is 0 Å². The van der Waals surface area contributed by atoms with Crippen LogP contribution in [0.3, 0.4) is 0 Å². The molecule has 0 atom stereocenters. The monoisotopic (exact) mass is 247 g/mol. The van der Waals surface area contributed by atoms with Crippen LogP contribution in [0, 0.1) is 0 Å². The number of para-hydroxylation sites is 1. The molecule has 0 amide bonds. The molecule has 0 radical (unpaired) electrons. The average Bonchev–Trinajstić information content (AvgIpc) is 2.33. The summed E-state index contributed by atoms with van der Waals surface area (Å²) in [6, 6.07) is 11.1. The number of nitrogens with two attached hydrogens (primary N) is 1. The summed E-state index contributed by atoms with van der Waals surface area (Å²) in [5, 5.41) is 10.0. The smallest absolute Gasteiger partial charge is 0.195 e. The van der Waals surface area contributed by atoms with Gasteiger partial charge in [0.25, 0.3) is 0 Å². The highest BCUT2D eigenvalue weighted by Crippen LogP contribution is 2.25. The number of anilines is 1. The summed E-state index contributed by atoms with van der Waals surface area (Å²) in [5.74, 6) is -0.333. The number of carbonyl (C=O) groups is 1. The third-order valence-corrected chi connectivity index (χ3v) is 2.69. The van der Waals surface area contributed by atoms with Crippen molar-refractivity contribution in [1.82, 2.24) is 0 Å². The molecule has 2 aromatic rings. The van der Waals surface area contributed by atoms with Crippen LogP contribution in [0.4, 0.5) is 5.69 Å². The first kappa shape index (κ1) is 11.5. The second kappa shape index (κ2) is 4.47. The molecule has 0 unspecified atom stereocenters. The average molecular weight is 248 g/mol. The Morgan fingerprint density at radius 1 is 1.12 bits per heavy atom. The van der Waals surface area contributed by atoms with Crippen LogP contribution in [0.15, 0.2) is 42.5 Å². The van der Waals surface area contributed by atoms with Crippen LogP contribution >= 0.6 is 11.6 Å². The Labute approximate surface area is 103 Å². The standard InChI is InChI=1S/C13H10ClNO2/c14-9-6-4-8(5-7-9)13(17)10-2-1-3-11(16)12(10)15/h1-7,16H,15H2. The van der Waals surface area contributed by atoms with Crippen molar-refractivity contribution < 1.29 is 9.90 Å². The molecular formula is C13H10ClNO2. The van der Waals surface area contributed by atoms with Gasteiger partial charge in [0.1, 0.15) is 5.75 Å². The Hall–Kier alpha value is -2.00. The fraction of sp³-hybridized carbons (Fsp3) is 0. The molecule has 0 aromatic heterocycles. The molecule has 3 N–H and O–H groups in total. The maximum atomic E-state index is 12.1. The SMILES string of the molecule is Nc1c(O)cccc1C(=O)c1ccc(Cl)cc1. The number of aromatic hydroxyl groups is 1. The number of rotatable bonds is 2. The molecule has 2 rings (SSSR count). The van der Waals surface area contributed by atoms with E-state index in [9.17, 15) is 9.90 Å². The van der Waals surface area contributed by atoms with Gasteiger partial charge in [-0.15, -0.1) is 0 Å². The first-order valence-corrected chi connectivity index (χ1v) is 5.35. The molecule has 0 aliphatic carbocycles. The molecule has 0 aliphatic rings. The Balaban J connectivity index is 2.44. The lowest BCUT2D eigenvalue weighted by Crippen LogP contribution is -2.05. The zero-order chi connectivity index (χ0) is 12.4. The Kier molecular flexibility index (Phi) is 3.02. The van der Waals surface area contributed by atoms with Crippen molar-refractivity contribution in [2.75, 3.05) is 5.73 Å². The maximum absolute atomic E-state index is 12.1. The maximum Gasteiger partial charge on any atom is 0.195 e. The molecule has 0 heterocycles. The Morgan fingerprint density at radius 2 is 1.76 bits per heavy atom.